The standard InChI is InChI=1S/C13H18ClNO/c1-10-3-4-13(12(7-10)5-6-15)16-9-11(2)8-14/h3-4,7-8H,5-6,9,15H2,1-2H3/b11-8-. The molecule has 0 atom stereocenters. The first-order chi connectivity index (χ1) is 7.67. The summed E-state index contributed by atoms with van der Waals surface area (Å²) in [6, 6.07) is 6.14. The van der Waals surface area contributed by atoms with Gasteiger partial charge in [-0.1, -0.05) is 29.3 Å². The first-order valence-corrected chi connectivity index (χ1v) is 5.79. The third-order valence-electron chi connectivity index (χ3n) is 2.27. The first kappa shape index (κ1) is 13.1. The number of halogens is 1. The van der Waals surface area contributed by atoms with Gasteiger partial charge in [0.25, 0.3) is 0 Å². The summed E-state index contributed by atoms with van der Waals surface area (Å²) >= 11 is 5.58. The minimum Gasteiger partial charge on any atom is -0.489 e. The van der Waals surface area contributed by atoms with Crippen LogP contribution in [0.4, 0.5) is 0 Å². The van der Waals surface area contributed by atoms with Crippen molar-refractivity contribution in [2.24, 2.45) is 5.73 Å². The average Bonchev–Trinajstić information content (AvgIpc) is 2.28. The maximum Gasteiger partial charge on any atom is 0.123 e. The second kappa shape index (κ2) is 6.56. The summed E-state index contributed by atoms with van der Waals surface area (Å²) in [6.45, 7) is 5.14. The summed E-state index contributed by atoms with van der Waals surface area (Å²) in [7, 11) is 0. The van der Waals surface area contributed by atoms with Crippen LogP contribution < -0.4 is 10.5 Å². The molecule has 0 aromatic heterocycles. The Morgan fingerprint density at radius 3 is 2.88 bits per heavy atom. The predicted molar refractivity (Wildman–Crippen MR) is 69.0 cm³/mol. The highest BCUT2D eigenvalue weighted by atomic mass is 35.5. The Morgan fingerprint density at radius 2 is 2.25 bits per heavy atom. The number of ether oxygens (including phenoxy) is 1. The summed E-state index contributed by atoms with van der Waals surface area (Å²) < 4.78 is 5.69. The molecule has 0 aliphatic heterocycles. The lowest BCUT2D eigenvalue weighted by Gasteiger charge is -2.11. The van der Waals surface area contributed by atoms with Gasteiger partial charge in [0, 0.05) is 5.54 Å². The lowest BCUT2D eigenvalue weighted by Crippen LogP contribution is -2.06. The Balaban J connectivity index is 2.77. The van der Waals surface area contributed by atoms with Crippen LogP contribution in [0.15, 0.2) is 29.3 Å². The Bertz CT molecular complexity index is 374. The zero-order chi connectivity index (χ0) is 12.0. The van der Waals surface area contributed by atoms with Crippen LogP contribution in [-0.2, 0) is 6.42 Å². The average molecular weight is 240 g/mol. The van der Waals surface area contributed by atoms with Gasteiger partial charge in [-0.15, -0.1) is 0 Å². The van der Waals surface area contributed by atoms with Gasteiger partial charge >= 0.3 is 0 Å². The molecule has 0 fully saturated rings. The van der Waals surface area contributed by atoms with Crippen molar-refractivity contribution in [3.05, 3.63) is 40.4 Å². The molecule has 0 saturated heterocycles. The first-order valence-electron chi connectivity index (χ1n) is 5.35. The number of benzene rings is 1. The molecule has 0 spiro atoms. The van der Waals surface area contributed by atoms with Crippen LogP contribution in [0.3, 0.4) is 0 Å². The molecule has 0 saturated carbocycles. The van der Waals surface area contributed by atoms with Crippen molar-refractivity contribution in [2.45, 2.75) is 20.3 Å². The molecule has 0 amide bonds. The van der Waals surface area contributed by atoms with Crippen molar-refractivity contribution in [2.75, 3.05) is 13.2 Å². The third kappa shape index (κ3) is 3.87. The van der Waals surface area contributed by atoms with Gasteiger partial charge in [0.1, 0.15) is 12.4 Å². The third-order valence-corrected chi connectivity index (χ3v) is 2.64. The van der Waals surface area contributed by atoms with Crippen LogP contribution in [0, 0.1) is 6.92 Å². The second-order valence-corrected chi connectivity index (χ2v) is 4.11. The highest BCUT2D eigenvalue weighted by Crippen LogP contribution is 2.21. The van der Waals surface area contributed by atoms with Gasteiger partial charge in [-0.2, -0.15) is 0 Å². The lowest BCUT2D eigenvalue weighted by atomic mass is 10.1. The van der Waals surface area contributed by atoms with Crippen molar-refractivity contribution in [1.82, 2.24) is 0 Å². The molecule has 1 aromatic carbocycles. The van der Waals surface area contributed by atoms with Gasteiger partial charge in [0.05, 0.1) is 0 Å². The molecule has 0 bridgehead atoms. The zero-order valence-corrected chi connectivity index (χ0v) is 10.6. The molecule has 1 rings (SSSR count). The van der Waals surface area contributed by atoms with Crippen molar-refractivity contribution < 1.29 is 4.74 Å². The molecule has 88 valence electrons. The number of hydrogen-bond donors (Lipinski definition) is 1. The predicted octanol–water partition coefficient (Wildman–Crippen LogP) is 3.02. The molecule has 1 aromatic rings. The van der Waals surface area contributed by atoms with E-state index < -0.39 is 0 Å². The largest absolute Gasteiger partial charge is 0.489 e. The van der Waals surface area contributed by atoms with Gasteiger partial charge in [-0.05, 0) is 44.0 Å². The topological polar surface area (TPSA) is 35.2 Å². The van der Waals surface area contributed by atoms with Crippen LogP contribution >= 0.6 is 11.6 Å². The van der Waals surface area contributed by atoms with E-state index in [2.05, 4.69) is 13.0 Å². The monoisotopic (exact) mass is 239 g/mol. The molecular weight excluding hydrogens is 222 g/mol. The smallest absolute Gasteiger partial charge is 0.123 e. The number of rotatable bonds is 5. The number of nitrogens with two attached hydrogens (primary N) is 1. The fraction of sp³-hybridized carbons (Fsp3) is 0.385. The lowest BCUT2D eigenvalue weighted by molar-refractivity contribution is 0.348. The summed E-state index contributed by atoms with van der Waals surface area (Å²) in [4.78, 5) is 0. The molecule has 0 heterocycles. The van der Waals surface area contributed by atoms with E-state index >= 15 is 0 Å². The normalized spacial score (nSPS) is 11.6. The molecular formula is C13H18ClNO. The minimum atomic E-state index is 0.518. The summed E-state index contributed by atoms with van der Waals surface area (Å²) in [6.07, 6.45) is 0.834. The van der Waals surface area contributed by atoms with Crippen molar-refractivity contribution in [3.63, 3.8) is 0 Å². The summed E-state index contributed by atoms with van der Waals surface area (Å²) in [5.41, 5.74) is 10.5. The van der Waals surface area contributed by atoms with Crippen LogP contribution in [0.1, 0.15) is 18.1 Å². The molecule has 16 heavy (non-hydrogen) atoms. The van der Waals surface area contributed by atoms with E-state index in [9.17, 15) is 0 Å². The second-order valence-electron chi connectivity index (χ2n) is 3.89. The fourth-order valence-corrected chi connectivity index (χ4v) is 1.49. The van der Waals surface area contributed by atoms with Gasteiger partial charge in [-0.3, -0.25) is 0 Å². The Kier molecular flexibility index (Phi) is 5.36. The Hall–Kier alpha value is -0.990. The van der Waals surface area contributed by atoms with E-state index in [1.807, 2.05) is 19.1 Å². The molecule has 0 radical (unpaired) electrons. The quantitative estimate of drug-likeness (QED) is 0.857. The molecule has 0 aliphatic rings. The fourth-order valence-electron chi connectivity index (χ4n) is 1.42. The molecule has 3 heteroatoms. The van der Waals surface area contributed by atoms with E-state index in [4.69, 9.17) is 22.1 Å². The van der Waals surface area contributed by atoms with Crippen molar-refractivity contribution >= 4 is 11.6 Å². The zero-order valence-electron chi connectivity index (χ0n) is 9.79. The molecule has 2 N–H and O–H groups in total. The van der Waals surface area contributed by atoms with Crippen LogP contribution in [0.2, 0.25) is 0 Å². The summed E-state index contributed by atoms with van der Waals surface area (Å²) in [5.74, 6) is 0.897. The minimum absolute atomic E-state index is 0.518. The maximum atomic E-state index is 5.69. The van der Waals surface area contributed by atoms with E-state index in [0.29, 0.717) is 13.2 Å². The Morgan fingerprint density at radius 1 is 1.50 bits per heavy atom. The van der Waals surface area contributed by atoms with E-state index in [0.717, 1.165) is 23.3 Å². The number of hydrogen-bond acceptors (Lipinski definition) is 2. The van der Waals surface area contributed by atoms with E-state index in [-0.39, 0.29) is 0 Å². The van der Waals surface area contributed by atoms with Gasteiger partial charge < -0.3 is 10.5 Å². The summed E-state index contributed by atoms with van der Waals surface area (Å²) in [5, 5.41) is 0. The molecule has 0 aliphatic carbocycles. The molecule has 0 unspecified atom stereocenters. The SMILES string of the molecule is C/C(=C/Cl)COc1ccc(C)cc1CCN. The maximum absolute atomic E-state index is 5.69. The Labute approximate surface area is 102 Å². The van der Waals surface area contributed by atoms with Crippen LogP contribution in [0.25, 0.3) is 0 Å². The molecule has 2 nitrogen and oxygen atoms in total. The highest BCUT2D eigenvalue weighted by Gasteiger charge is 2.03. The van der Waals surface area contributed by atoms with Crippen molar-refractivity contribution in [1.29, 1.82) is 0 Å². The van der Waals surface area contributed by atoms with Crippen molar-refractivity contribution in [3.8, 4) is 5.75 Å². The highest BCUT2D eigenvalue weighted by molar-refractivity contribution is 6.25. The van der Waals surface area contributed by atoms with Gasteiger partial charge in [-0.25, -0.2) is 0 Å². The number of aryl methyl sites for hydroxylation is 1. The van der Waals surface area contributed by atoms with Gasteiger partial charge in [0.2, 0.25) is 0 Å². The van der Waals surface area contributed by atoms with E-state index in [1.54, 1.807) is 0 Å². The van der Waals surface area contributed by atoms with Gasteiger partial charge in [0.15, 0.2) is 0 Å². The van der Waals surface area contributed by atoms with Crippen LogP contribution in [-0.4, -0.2) is 13.2 Å². The van der Waals surface area contributed by atoms with Crippen LogP contribution in [0.5, 0.6) is 5.75 Å². The van der Waals surface area contributed by atoms with E-state index in [1.165, 1.54) is 11.1 Å².